The number of aromatic nitrogens is 2. The van der Waals surface area contributed by atoms with Crippen molar-refractivity contribution in [1.82, 2.24) is 9.55 Å². The molecule has 0 saturated heterocycles. The molecule has 0 aliphatic rings. The topological polar surface area (TPSA) is 109 Å². The van der Waals surface area contributed by atoms with E-state index in [0.29, 0.717) is 27.5 Å². The van der Waals surface area contributed by atoms with Crippen molar-refractivity contribution in [3.8, 4) is 17.5 Å². The summed E-state index contributed by atoms with van der Waals surface area (Å²) in [4.78, 5) is 30.1. The second-order valence-corrected chi connectivity index (χ2v) is 7.20. The summed E-state index contributed by atoms with van der Waals surface area (Å²) < 4.78 is 6.69. The molecule has 0 saturated carbocycles. The Balaban J connectivity index is 2.10. The van der Waals surface area contributed by atoms with Gasteiger partial charge in [-0.1, -0.05) is 30.0 Å². The van der Waals surface area contributed by atoms with Crippen LogP contribution >= 0.6 is 11.8 Å². The molecular weight excluding hydrogens is 388 g/mol. The zero-order valence-corrected chi connectivity index (χ0v) is 16.7. The van der Waals surface area contributed by atoms with Crippen molar-refractivity contribution >= 4 is 34.2 Å². The molecule has 3 aromatic rings. The molecule has 29 heavy (non-hydrogen) atoms. The molecule has 0 spiro atoms. The largest absolute Gasteiger partial charge is 0.497 e. The predicted molar refractivity (Wildman–Crippen MR) is 112 cm³/mol. The number of hydrogen-bond acceptors (Lipinski definition) is 7. The Bertz CT molecular complexity index is 1200. The molecule has 1 unspecified atom stereocenters. The molecule has 0 amide bonds. The summed E-state index contributed by atoms with van der Waals surface area (Å²) in [5.74, 6) is -0.994. The van der Waals surface area contributed by atoms with Crippen molar-refractivity contribution in [1.29, 1.82) is 10.7 Å². The highest BCUT2D eigenvalue weighted by Crippen LogP contribution is 2.24. The number of nitriles is 1. The molecule has 7 nitrogen and oxygen atoms in total. The average Bonchev–Trinajstić information content (AvgIpc) is 2.72. The zero-order chi connectivity index (χ0) is 21.0. The van der Waals surface area contributed by atoms with Gasteiger partial charge in [0.1, 0.15) is 11.7 Å². The SMILES string of the molecule is COc1cccc(-n2c(SCC(=O)C(C#N)C(C)=N)nc3ccccc3c2=O)c1. The monoisotopic (exact) mass is 406 g/mol. The first-order valence-corrected chi connectivity index (χ1v) is 9.71. The van der Waals surface area contributed by atoms with Crippen LogP contribution in [0, 0.1) is 22.7 Å². The van der Waals surface area contributed by atoms with Crippen LogP contribution in [-0.4, -0.2) is 33.9 Å². The molecule has 1 atom stereocenters. The number of carbonyl (C=O) groups excluding carboxylic acids is 1. The Kier molecular flexibility index (Phi) is 6.10. The van der Waals surface area contributed by atoms with E-state index in [1.54, 1.807) is 48.5 Å². The minimum atomic E-state index is -1.10. The second-order valence-electron chi connectivity index (χ2n) is 6.25. The molecule has 146 valence electrons. The van der Waals surface area contributed by atoms with Gasteiger partial charge in [-0.2, -0.15) is 5.26 Å². The first-order valence-electron chi connectivity index (χ1n) is 8.72. The van der Waals surface area contributed by atoms with Crippen LogP contribution in [0.1, 0.15) is 6.92 Å². The van der Waals surface area contributed by atoms with Crippen molar-refractivity contribution in [2.45, 2.75) is 12.1 Å². The van der Waals surface area contributed by atoms with Crippen LogP contribution in [0.25, 0.3) is 16.6 Å². The Morgan fingerprint density at radius 2 is 2.07 bits per heavy atom. The molecule has 0 aliphatic heterocycles. The lowest BCUT2D eigenvalue weighted by atomic mass is 10.0. The number of methoxy groups -OCH3 is 1. The van der Waals surface area contributed by atoms with Gasteiger partial charge < -0.3 is 10.1 Å². The number of para-hydroxylation sites is 1. The van der Waals surface area contributed by atoms with Gasteiger partial charge in [0.2, 0.25) is 0 Å². The number of nitrogens with one attached hydrogen (secondary N) is 1. The number of benzene rings is 2. The molecule has 8 heteroatoms. The number of carbonyl (C=O) groups is 1. The number of fused-ring (bicyclic) bond motifs is 1. The van der Waals surface area contributed by atoms with E-state index in [1.165, 1.54) is 18.6 Å². The average molecular weight is 406 g/mol. The fourth-order valence-electron chi connectivity index (χ4n) is 2.82. The third-order valence-corrected chi connectivity index (χ3v) is 5.24. The van der Waals surface area contributed by atoms with Crippen LogP contribution in [0.5, 0.6) is 5.75 Å². The number of Topliss-reactive ketones (excluding diaryl/α,β-unsaturated/α-hetero) is 1. The van der Waals surface area contributed by atoms with Gasteiger partial charge in [0.25, 0.3) is 5.56 Å². The van der Waals surface area contributed by atoms with Crippen LogP contribution in [-0.2, 0) is 4.79 Å². The van der Waals surface area contributed by atoms with E-state index in [1.807, 2.05) is 6.07 Å². The van der Waals surface area contributed by atoms with E-state index in [2.05, 4.69) is 4.98 Å². The molecule has 0 fully saturated rings. The smallest absolute Gasteiger partial charge is 0.266 e. The number of ether oxygens (including phenoxy) is 1. The molecule has 3 rings (SSSR count). The summed E-state index contributed by atoms with van der Waals surface area (Å²) in [6.07, 6.45) is 0. The highest BCUT2D eigenvalue weighted by molar-refractivity contribution is 7.99. The van der Waals surface area contributed by atoms with Gasteiger partial charge in [0, 0.05) is 11.8 Å². The van der Waals surface area contributed by atoms with E-state index in [0.717, 1.165) is 11.8 Å². The second kappa shape index (κ2) is 8.71. The summed E-state index contributed by atoms with van der Waals surface area (Å²) in [7, 11) is 1.54. The standard InChI is InChI=1S/C21H18N4O3S/c1-13(23)17(11-22)19(26)12-29-21-24-18-9-4-3-8-16(18)20(27)25(21)14-6-5-7-15(10-14)28-2/h3-10,17,23H,12H2,1-2H3. The maximum atomic E-state index is 13.2. The molecule has 0 bridgehead atoms. The lowest BCUT2D eigenvalue weighted by Crippen LogP contribution is -2.24. The lowest BCUT2D eigenvalue weighted by Gasteiger charge is -2.14. The van der Waals surface area contributed by atoms with Gasteiger partial charge in [0.15, 0.2) is 10.9 Å². The van der Waals surface area contributed by atoms with Gasteiger partial charge in [-0.25, -0.2) is 4.98 Å². The molecule has 1 N–H and O–H groups in total. The molecule has 0 aliphatic carbocycles. The Morgan fingerprint density at radius 3 is 2.76 bits per heavy atom. The number of nitrogens with zero attached hydrogens (tertiary/aromatic N) is 3. The van der Waals surface area contributed by atoms with E-state index >= 15 is 0 Å². The first kappa shape index (κ1) is 20.3. The Labute approximate surface area is 171 Å². The third kappa shape index (κ3) is 4.20. The van der Waals surface area contributed by atoms with E-state index in [9.17, 15) is 9.59 Å². The maximum Gasteiger partial charge on any atom is 0.266 e. The highest BCUT2D eigenvalue weighted by Gasteiger charge is 2.22. The van der Waals surface area contributed by atoms with Crippen molar-refractivity contribution in [3.63, 3.8) is 0 Å². The quantitative estimate of drug-likeness (QED) is 0.366. The summed E-state index contributed by atoms with van der Waals surface area (Å²) in [5, 5.41) is 17.5. The van der Waals surface area contributed by atoms with E-state index in [4.69, 9.17) is 15.4 Å². The van der Waals surface area contributed by atoms with Crippen molar-refractivity contribution in [2.24, 2.45) is 5.92 Å². The molecule has 2 aromatic carbocycles. The van der Waals surface area contributed by atoms with Gasteiger partial charge in [-0.3, -0.25) is 14.2 Å². The molecule has 0 radical (unpaired) electrons. The molecule has 1 heterocycles. The van der Waals surface area contributed by atoms with Gasteiger partial charge in [-0.05, 0) is 31.2 Å². The highest BCUT2D eigenvalue weighted by atomic mass is 32.2. The van der Waals surface area contributed by atoms with Crippen LogP contribution in [0.15, 0.2) is 58.5 Å². The number of rotatable bonds is 7. The maximum absolute atomic E-state index is 13.2. The summed E-state index contributed by atoms with van der Waals surface area (Å²) in [6.45, 7) is 1.43. The fourth-order valence-corrected chi connectivity index (χ4v) is 3.73. The van der Waals surface area contributed by atoms with Crippen molar-refractivity contribution in [2.75, 3.05) is 12.9 Å². The normalized spacial score (nSPS) is 11.6. The Morgan fingerprint density at radius 1 is 1.31 bits per heavy atom. The lowest BCUT2D eigenvalue weighted by molar-refractivity contribution is -0.117. The van der Waals surface area contributed by atoms with Crippen molar-refractivity contribution in [3.05, 3.63) is 58.9 Å². The third-order valence-electron chi connectivity index (χ3n) is 4.28. The number of ketones is 1. The van der Waals surface area contributed by atoms with Crippen LogP contribution in [0.2, 0.25) is 0 Å². The predicted octanol–water partition coefficient (Wildman–Crippen LogP) is 3.23. The van der Waals surface area contributed by atoms with Crippen LogP contribution in [0.3, 0.4) is 0 Å². The summed E-state index contributed by atoms with van der Waals surface area (Å²) in [6, 6.07) is 15.8. The van der Waals surface area contributed by atoms with Gasteiger partial charge in [-0.15, -0.1) is 0 Å². The summed E-state index contributed by atoms with van der Waals surface area (Å²) >= 11 is 1.07. The summed E-state index contributed by atoms with van der Waals surface area (Å²) in [5.41, 5.74) is 0.808. The fraction of sp³-hybridized carbons (Fsp3) is 0.190. The van der Waals surface area contributed by atoms with Crippen LogP contribution in [0.4, 0.5) is 0 Å². The minimum absolute atomic E-state index is 0.00485. The zero-order valence-electron chi connectivity index (χ0n) is 15.9. The van der Waals surface area contributed by atoms with E-state index < -0.39 is 11.7 Å². The number of thioether (sulfide) groups is 1. The van der Waals surface area contributed by atoms with Crippen molar-refractivity contribution < 1.29 is 9.53 Å². The number of hydrogen-bond donors (Lipinski definition) is 1. The first-order chi connectivity index (χ1) is 14.0. The van der Waals surface area contributed by atoms with Crippen LogP contribution < -0.4 is 10.3 Å². The molecular formula is C21H18N4O3S. The molecule has 1 aromatic heterocycles. The minimum Gasteiger partial charge on any atom is -0.497 e. The Hall–Kier alpha value is -3.44. The van der Waals surface area contributed by atoms with E-state index in [-0.39, 0.29) is 17.0 Å². The van der Waals surface area contributed by atoms with Gasteiger partial charge in [0.05, 0.1) is 35.5 Å². The van der Waals surface area contributed by atoms with Gasteiger partial charge >= 0.3 is 0 Å².